The summed E-state index contributed by atoms with van der Waals surface area (Å²) in [6.07, 6.45) is 28.3. The predicted molar refractivity (Wildman–Crippen MR) is 193 cm³/mol. The fourth-order valence-corrected chi connectivity index (χ4v) is 10.8. The standard InChI is InChI=1S/C42H35B2N/c1-3-11-26(12-4-1)28-21-22-30-31-16-9-20-37-40(31)44(36(30)25-28)35-19-10-18-34-42(35)45(37)38-24-23-29(27-13-5-2-6-14-27)39-32-15-7-8-17-33(32)43(34)41(38)39/h1,3-4,8-13,16-24,36-37,40H,2,5-7,14-15,25H2. The van der Waals surface area contributed by atoms with Gasteiger partial charge in [0.15, 0.2) is 6.71 Å². The molecule has 11 rings (SSSR count). The average Bonchev–Trinajstić information content (AvgIpc) is 3.64. The van der Waals surface area contributed by atoms with Crippen molar-refractivity contribution in [1.82, 2.24) is 0 Å². The SMILES string of the molecule is C1=CC2C3B(c4cccc5c4N2c2ccc(C4=CCCCC4)c4c2B5C2=C4CCC=C2)C2CC(c4ccccc4)=CC=C2C3=C1. The van der Waals surface area contributed by atoms with Gasteiger partial charge in [0.2, 0.25) is 6.71 Å². The first-order valence-electron chi connectivity index (χ1n) is 17.4. The molecule has 3 atom stereocenters. The number of rotatable bonds is 2. The zero-order valence-electron chi connectivity index (χ0n) is 25.7. The van der Waals surface area contributed by atoms with E-state index in [1.807, 2.05) is 0 Å². The van der Waals surface area contributed by atoms with Gasteiger partial charge in [-0.3, -0.25) is 0 Å². The molecule has 0 spiro atoms. The van der Waals surface area contributed by atoms with Crippen LogP contribution in [0.5, 0.6) is 0 Å². The van der Waals surface area contributed by atoms with Gasteiger partial charge in [-0.1, -0.05) is 114 Å². The van der Waals surface area contributed by atoms with Gasteiger partial charge < -0.3 is 4.90 Å². The van der Waals surface area contributed by atoms with Gasteiger partial charge >= 0.3 is 0 Å². The summed E-state index contributed by atoms with van der Waals surface area (Å²) < 4.78 is 0. The van der Waals surface area contributed by atoms with Crippen molar-refractivity contribution in [2.45, 2.75) is 62.6 Å². The normalized spacial score (nSPS) is 26.0. The zero-order chi connectivity index (χ0) is 29.2. The Morgan fingerprint density at radius 2 is 1.71 bits per heavy atom. The molecule has 0 aromatic heterocycles. The second-order valence-electron chi connectivity index (χ2n) is 14.4. The van der Waals surface area contributed by atoms with Gasteiger partial charge in [-0.15, -0.1) is 0 Å². The van der Waals surface area contributed by atoms with Crippen LogP contribution in [-0.4, -0.2) is 19.5 Å². The molecule has 45 heavy (non-hydrogen) atoms. The minimum atomic E-state index is 0.341. The Kier molecular flexibility index (Phi) is 5.09. The Morgan fingerprint density at radius 3 is 2.62 bits per heavy atom. The Hall–Kier alpha value is -4.23. The molecule has 4 aliphatic heterocycles. The van der Waals surface area contributed by atoms with Crippen LogP contribution < -0.4 is 21.3 Å². The largest absolute Gasteiger partial charge is 0.336 e. The van der Waals surface area contributed by atoms with Crippen LogP contribution in [0.1, 0.15) is 61.6 Å². The van der Waals surface area contributed by atoms with Gasteiger partial charge in [0.25, 0.3) is 0 Å². The second-order valence-corrected chi connectivity index (χ2v) is 14.4. The van der Waals surface area contributed by atoms with Gasteiger partial charge in [0.05, 0.1) is 6.04 Å². The number of para-hydroxylation sites is 1. The van der Waals surface area contributed by atoms with Crippen LogP contribution in [0.4, 0.5) is 11.4 Å². The number of allylic oxidation sites excluding steroid dienone is 12. The third kappa shape index (κ3) is 3.22. The Labute approximate surface area is 267 Å². The molecule has 4 aliphatic carbocycles. The molecule has 1 fully saturated rings. The van der Waals surface area contributed by atoms with Crippen molar-refractivity contribution < 1.29 is 0 Å². The monoisotopic (exact) mass is 575 g/mol. The molecule has 1 saturated heterocycles. The van der Waals surface area contributed by atoms with Crippen LogP contribution in [0.3, 0.4) is 0 Å². The van der Waals surface area contributed by atoms with E-state index >= 15 is 0 Å². The molecule has 3 aromatic carbocycles. The van der Waals surface area contributed by atoms with E-state index in [0.717, 1.165) is 12.8 Å². The Bertz CT molecular complexity index is 2070. The van der Waals surface area contributed by atoms with Crippen molar-refractivity contribution in [3.8, 4) is 0 Å². The van der Waals surface area contributed by atoms with E-state index in [1.54, 1.807) is 49.7 Å². The van der Waals surface area contributed by atoms with E-state index in [4.69, 9.17) is 0 Å². The average molecular weight is 575 g/mol. The molecular weight excluding hydrogens is 540 g/mol. The molecule has 0 N–H and O–H groups in total. The Morgan fingerprint density at radius 1 is 0.778 bits per heavy atom. The van der Waals surface area contributed by atoms with Gasteiger partial charge in [-0.25, -0.2) is 0 Å². The summed E-state index contributed by atoms with van der Waals surface area (Å²) in [6, 6.07) is 23.9. The highest BCUT2D eigenvalue weighted by Gasteiger charge is 2.58. The number of fused-ring (bicyclic) bond motifs is 9. The van der Waals surface area contributed by atoms with E-state index in [9.17, 15) is 0 Å². The van der Waals surface area contributed by atoms with E-state index < -0.39 is 0 Å². The van der Waals surface area contributed by atoms with Crippen LogP contribution in [0.25, 0.3) is 16.7 Å². The second kappa shape index (κ2) is 9.16. The van der Waals surface area contributed by atoms with E-state index in [-0.39, 0.29) is 0 Å². The third-order valence-corrected chi connectivity index (χ3v) is 12.4. The molecule has 0 amide bonds. The highest BCUT2D eigenvalue weighted by Crippen LogP contribution is 2.60. The lowest BCUT2D eigenvalue weighted by Crippen LogP contribution is -2.62. The van der Waals surface area contributed by atoms with Crippen molar-refractivity contribution in [1.29, 1.82) is 0 Å². The molecule has 3 heteroatoms. The summed E-state index contributed by atoms with van der Waals surface area (Å²) >= 11 is 0. The minimum Gasteiger partial charge on any atom is -0.336 e. The highest BCUT2D eigenvalue weighted by atomic mass is 15.2. The quantitative estimate of drug-likeness (QED) is 0.279. The fraction of sp³-hybridized carbons (Fsp3) is 0.238. The van der Waals surface area contributed by atoms with Gasteiger partial charge in [-0.2, -0.15) is 0 Å². The summed E-state index contributed by atoms with van der Waals surface area (Å²) in [6.45, 7) is 0.846. The molecule has 1 nitrogen and oxygen atoms in total. The van der Waals surface area contributed by atoms with Crippen molar-refractivity contribution in [2.24, 2.45) is 0 Å². The first-order valence-corrected chi connectivity index (χ1v) is 17.4. The molecule has 3 unspecified atom stereocenters. The third-order valence-electron chi connectivity index (χ3n) is 12.4. The smallest absolute Gasteiger partial charge is 0.247 e. The number of hydrogen-bond donors (Lipinski definition) is 0. The maximum atomic E-state index is 2.81. The number of nitrogens with zero attached hydrogens (tertiary/aromatic N) is 1. The van der Waals surface area contributed by atoms with Crippen molar-refractivity contribution >= 4 is 57.9 Å². The summed E-state index contributed by atoms with van der Waals surface area (Å²) in [5, 5.41) is 0. The van der Waals surface area contributed by atoms with Crippen molar-refractivity contribution in [3.63, 3.8) is 0 Å². The van der Waals surface area contributed by atoms with E-state index in [0.29, 0.717) is 31.1 Å². The van der Waals surface area contributed by atoms with Gasteiger partial charge in [-0.05, 0) is 118 Å². The summed E-state index contributed by atoms with van der Waals surface area (Å²) in [5.74, 6) is 0.998. The lowest BCUT2D eigenvalue weighted by molar-refractivity contribution is 0.741. The Balaban J connectivity index is 1.14. The summed E-state index contributed by atoms with van der Waals surface area (Å²) in [7, 11) is 0. The lowest BCUT2D eigenvalue weighted by atomic mass is 9.27. The van der Waals surface area contributed by atoms with Crippen molar-refractivity contribution in [3.05, 3.63) is 143 Å². The number of anilines is 2. The van der Waals surface area contributed by atoms with Crippen LogP contribution >= 0.6 is 0 Å². The lowest BCUT2D eigenvalue weighted by Gasteiger charge is -2.50. The minimum absolute atomic E-state index is 0.341. The van der Waals surface area contributed by atoms with Crippen LogP contribution in [-0.2, 0) is 0 Å². The van der Waals surface area contributed by atoms with Crippen LogP contribution in [0.15, 0.2) is 126 Å². The van der Waals surface area contributed by atoms with E-state index in [2.05, 4.69) is 114 Å². The molecule has 0 radical (unpaired) electrons. The first-order chi connectivity index (χ1) is 22.4. The van der Waals surface area contributed by atoms with Crippen molar-refractivity contribution in [2.75, 3.05) is 4.90 Å². The van der Waals surface area contributed by atoms with E-state index in [1.165, 1.54) is 60.2 Å². The molecule has 0 saturated carbocycles. The maximum Gasteiger partial charge on any atom is 0.247 e. The highest BCUT2D eigenvalue weighted by molar-refractivity contribution is 6.98. The number of benzene rings is 3. The van der Waals surface area contributed by atoms with Crippen LogP contribution in [0.2, 0.25) is 11.6 Å². The first kappa shape index (κ1) is 25.0. The van der Waals surface area contributed by atoms with Crippen LogP contribution in [0, 0.1) is 0 Å². The molecule has 214 valence electrons. The molecule has 0 bridgehead atoms. The van der Waals surface area contributed by atoms with Gasteiger partial charge in [0, 0.05) is 11.4 Å². The van der Waals surface area contributed by atoms with Gasteiger partial charge in [0.1, 0.15) is 0 Å². The zero-order valence-corrected chi connectivity index (χ0v) is 25.7. The molecule has 4 heterocycles. The molecule has 3 aromatic rings. The number of hydrogen-bond acceptors (Lipinski definition) is 1. The maximum absolute atomic E-state index is 2.81. The molecule has 8 aliphatic rings. The summed E-state index contributed by atoms with van der Waals surface area (Å²) in [5.41, 5.74) is 21.7. The molecular formula is C42H35B2N. The fourth-order valence-electron chi connectivity index (χ4n) is 10.8. The predicted octanol–water partition coefficient (Wildman–Crippen LogP) is 8.11. The topological polar surface area (TPSA) is 3.24 Å². The summed E-state index contributed by atoms with van der Waals surface area (Å²) in [4.78, 5) is 2.81.